The summed E-state index contributed by atoms with van der Waals surface area (Å²) >= 11 is 0. The van der Waals surface area contributed by atoms with Crippen molar-refractivity contribution in [3.63, 3.8) is 0 Å². The Bertz CT molecular complexity index is 249. The number of rotatable bonds is 6. The van der Waals surface area contributed by atoms with Gasteiger partial charge in [-0.05, 0) is 12.8 Å². The maximum Gasteiger partial charge on any atom is 0.346 e. The molecule has 0 saturated carbocycles. The zero-order chi connectivity index (χ0) is 11.3. The number of esters is 2. The number of unbranched alkanes of at least 4 members (excludes halogenated alkanes) is 4. The van der Waals surface area contributed by atoms with Gasteiger partial charge >= 0.3 is 11.9 Å². The summed E-state index contributed by atoms with van der Waals surface area (Å²) in [6.07, 6.45) is 5.33. The lowest BCUT2D eigenvalue weighted by atomic mass is 9.94. The molecule has 1 unspecified atom stereocenters. The molecule has 86 valence electrons. The van der Waals surface area contributed by atoms with Crippen LogP contribution >= 0.6 is 0 Å². The van der Waals surface area contributed by atoms with Crippen LogP contribution in [0.25, 0.3) is 0 Å². The fraction of sp³-hybridized carbons (Fsp3) is 0.818. The summed E-state index contributed by atoms with van der Waals surface area (Å²) in [4.78, 5) is 21.9. The first kappa shape index (κ1) is 12.2. The van der Waals surface area contributed by atoms with Gasteiger partial charge in [-0.15, -0.1) is 0 Å². The molecule has 1 fully saturated rings. The quantitative estimate of drug-likeness (QED) is 0.414. The Morgan fingerprint density at radius 1 is 1.27 bits per heavy atom. The van der Waals surface area contributed by atoms with Gasteiger partial charge in [-0.1, -0.05) is 32.6 Å². The number of cyclic esters (lactones) is 2. The van der Waals surface area contributed by atoms with Gasteiger partial charge in [0.2, 0.25) is 0 Å². The molecular weight excluding hydrogens is 196 g/mol. The number of ether oxygens (including phenoxy) is 1. The lowest BCUT2D eigenvalue weighted by Crippen LogP contribution is -2.33. The van der Waals surface area contributed by atoms with Gasteiger partial charge in [-0.2, -0.15) is 0 Å². The van der Waals surface area contributed by atoms with Crippen LogP contribution in [0.15, 0.2) is 0 Å². The van der Waals surface area contributed by atoms with Crippen molar-refractivity contribution in [1.29, 1.82) is 0 Å². The van der Waals surface area contributed by atoms with E-state index in [1.54, 1.807) is 0 Å². The normalized spacial score (nSPS) is 25.7. The first-order valence-electron chi connectivity index (χ1n) is 5.56. The summed E-state index contributed by atoms with van der Waals surface area (Å²) in [5, 5.41) is 9.79. The van der Waals surface area contributed by atoms with Gasteiger partial charge in [-0.3, -0.25) is 4.79 Å². The molecule has 1 atom stereocenters. The summed E-state index contributed by atoms with van der Waals surface area (Å²) in [5.41, 5.74) is -1.54. The fourth-order valence-corrected chi connectivity index (χ4v) is 1.76. The molecule has 1 rings (SSSR count). The van der Waals surface area contributed by atoms with Gasteiger partial charge in [0.1, 0.15) is 0 Å². The van der Waals surface area contributed by atoms with E-state index in [1.807, 2.05) is 0 Å². The highest BCUT2D eigenvalue weighted by Crippen LogP contribution is 2.27. The third-order valence-electron chi connectivity index (χ3n) is 2.72. The Kier molecular flexibility index (Phi) is 4.27. The van der Waals surface area contributed by atoms with Crippen LogP contribution in [0, 0.1) is 0 Å². The van der Waals surface area contributed by atoms with Crippen molar-refractivity contribution in [2.24, 2.45) is 0 Å². The second-order valence-electron chi connectivity index (χ2n) is 4.13. The van der Waals surface area contributed by atoms with Crippen molar-refractivity contribution in [3.8, 4) is 0 Å². The van der Waals surface area contributed by atoms with Crippen LogP contribution in [-0.4, -0.2) is 22.6 Å². The summed E-state index contributed by atoms with van der Waals surface area (Å²) in [7, 11) is 0. The topological polar surface area (TPSA) is 63.6 Å². The van der Waals surface area contributed by atoms with Gasteiger partial charge in [-0.25, -0.2) is 4.79 Å². The zero-order valence-electron chi connectivity index (χ0n) is 9.12. The van der Waals surface area contributed by atoms with Crippen LogP contribution < -0.4 is 0 Å². The van der Waals surface area contributed by atoms with Crippen LogP contribution in [0.3, 0.4) is 0 Å². The molecule has 0 aromatic rings. The van der Waals surface area contributed by atoms with E-state index in [0.29, 0.717) is 6.42 Å². The zero-order valence-corrected chi connectivity index (χ0v) is 9.12. The third-order valence-corrected chi connectivity index (χ3v) is 2.72. The fourth-order valence-electron chi connectivity index (χ4n) is 1.76. The summed E-state index contributed by atoms with van der Waals surface area (Å²) in [5.74, 6) is -1.39. The van der Waals surface area contributed by atoms with Crippen molar-refractivity contribution in [3.05, 3.63) is 0 Å². The van der Waals surface area contributed by atoms with E-state index >= 15 is 0 Å². The van der Waals surface area contributed by atoms with Crippen molar-refractivity contribution >= 4 is 11.9 Å². The predicted molar refractivity (Wildman–Crippen MR) is 54.0 cm³/mol. The van der Waals surface area contributed by atoms with Crippen LogP contribution in [-0.2, 0) is 14.3 Å². The molecule has 1 heterocycles. The van der Waals surface area contributed by atoms with E-state index in [0.717, 1.165) is 25.7 Å². The molecular formula is C11H18O4. The summed E-state index contributed by atoms with van der Waals surface area (Å²) in [6.45, 7) is 2.13. The predicted octanol–water partition coefficient (Wildman–Crippen LogP) is 1.55. The monoisotopic (exact) mass is 214 g/mol. The first-order chi connectivity index (χ1) is 7.08. The van der Waals surface area contributed by atoms with Crippen LogP contribution in [0.2, 0.25) is 0 Å². The van der Waals surface area contributed by atoms with Gasteiger partial charge < -0.3 is 9.84 Å². The van der Waals surface area contributed by atoms with E-state index in [2.05, 4.69) is 11.7 Å². The van der Waals surface area contributed by atoms with Gasteiger partial charge in [0.25, 0.3) is 0 Å². The van der Waals surface area contributed by atoms with E-state index in [1.165, 1.54) is 6.42 Å². The number of carbonyl (C=O) groups excluding carboxylic acids is 2. The van der Waals surface area contributed by atoms with Crippen molar-refractivity contribution < 1.29 is 19.4 Å². The smallest absolute Gasteiger partial charge is 0.346 e. The molecule has 0 amide bonds. The van der Waals surface area contributed by atoms with E-state index in [4.69, 9.17) is 0 Å². The number of carbonyl (C=O) groups is 2. The Balaban J connectivity index is 2.25. The van der Waals surface area contributed by atoms with Crippen LogP contribution in [0.5, 0.6) is 0 Å². The Morgan fingerprint density at radius 3 is 2.47 bits per heavy atom. The second kappa shape index (κ2) is 5.26. The first-order valence-corrected chi connectivity index (χ1v) is 5.56. The Morgan fingerprint density at radius 2 is 1.93 bits per heavy atom. The minimum Gasteiger partial charge on any atom is -0.391 e. The van der Waals surface area contributed by atoms with E-state index in [9.17, 15) is 14.7 Å². The molecule has 0 aromatic heterocycles. The highest BCUT2D eigenvalue weighted by molar-refractivity contribution is 5.99. The molecule has 1 aliphatic rings. The average Bonchev–Trinajstić information content (AvgIpc) is 2.41. The third kappa shape index (κ3) is 3.30. The molecule has 4 nitrogen and oxygen atoms in total. The molecule has 0 aromatic carbocycles. The lowest BCUT2D eigenvalue weighted by Gasteiger charge is -2.15. The highest BCUT2D eigenvalue weighted by atomic mass is 16.6. The Labute approximate surface area is 89.6 Å². The molecule has 0 radical (unpaired) electrons. The van der Waals surface area contributed by atoms with E-state index < -0.39 is 17.5 Å². The molecule has 0 spiro atoms. The lowest BCUT2D eigenvalue weighted by molar-refractivity contribution is -0.159. The minimum absolute atomic E-state index is 0.181. The molecule has 1 N–H and O–H groups in total. The van der Waals surface area contributed by atoms with Crippen molar-refractivity contribution in [2.75, 3.05) is 0 Å². The maximum absolute atomic E-state index is 11.1. The molecule has 1 saturated heterocycles. The molecule has 1 aliphatic heterocycles. The molecule has 0 aliphatic carbocycles. The SMILES string of the molecule is CCCCCCCC1(O)CC(=O)OC1=O. The minimum atomic E-state index is -1.54. The van der Waals surface area contributed by atoms with Crippen LogP contribution in [0.1, 0.15) is 51.9 Å². The number of hydrogen-bond donors (Lipinski definition) is 1. The van der Waals surface area contributed by atoms with Crippen LogP contribution in [0.4, 0.5) is 0 Å². The summed E-state index contributed by atoms with van der Waals surface area (Å²) < 4.78 is 4.33. The average molecular weight is 214 g/mol. The molecule has 15 heavy (non-hydrogen) atoms. The number of aliphatic hydroxyl groups is 1. The van der Waals surface area contributed by atoms with E-state index in [-0.39, 0.29) is 6.42 Å². The molecule has 4 heteroatoms. The molecule has 0 bridgehead atoms. The van der Waals surface area contributed by atoms with Gasteiger partial charge in [0.05, 0.1) is 6.42 Å². The Hall–Kier alpha value is -0.900. The summed E-state index contributed by atoms with van der Waals surface area (Å²) in [6, 6.07) is 0. The maximum atomic E-state index is 11.1. The van der Waals surface area contributed by atoms with Gasteiger partial charge in [0, 0.05) is 0 Å². The van der Waals surface area contributed by atoms with Crippen molar-refractivity contribution in [2.45, 2.75) is 57.5 Å². The highest BCUT2D eigenvalue weighted by Gasteiger charge is 2.46. The standard InChI is InChI=1S/C11H18O4/c1-2-3-4-5-6-7-11(14)8-9(12)15-10(11)13/h14H,2-8H2,1H3. The number of hydrogen-bond acceptors (Lipinski definition) is 4. The van der Waals surface area contributed by atoms with Gasteiger partial charge in [0.15, 0.2) is 5.60 Å². The second-order valence-corrected chi connectivity index (χ2v) is 4.13. The van der Waals surface area contributed by atoms with Crippen molar-refractivity contribution in [1.82, 2.24) is 0 Å². The largest absolute Gasteiger partial charge is 0.391 e.